The number of carbonyl (C=O) groups excluding carboxylic acids is 1. The first-order valence-electron chi connectivity index (χ1n) is 4.43. The molecule has 1 unspecified atom stereocenters. The fourth-order valence-electron chi connectivity index (χ4n) is 1.69. The molecule has 2 fully saturated rings. The van der Waals surface area contributed by atoms with Crippen molar-refractivity contribution in [3.05, 3.63) is 0 Å². The molecular weight excluding hydrogens is 211 g/mol. The van der Waals surface area contributed by atoms with E-state index in [9.17, 15) is 4.79 Å². The van der Waals surface area contributed by atoms with E-state index in [4.69, 9.17) is 28.9 Å². The monoisotopic (exact) mass is 222 g/mol. The van der Waals surface area contributed by atoms with E-state index in [1.165, 1.54) is 0 Å². The molecule has 13 heavy (non-hydrogen) atoms. The number of carbonyl (C=O) groups is 1. The Bertz CT molecular complexity index is 244. The minimum atomic E-state index is -0.802. The van der Waals surface area contributed by atoms with Gasteiger partial charge in [0.1, 0.15) is 4.33 Å². The third kappa shape index (κ3) is 1.78. The molecule has 1 heterocycles. The van der Waals surface area contributed by atoms with Crippen LogP contribution in [0.15, 0.2) is 0 Å². The van der Waals surface area contributed by atoms with Gasteiger partial charge in [-0.2, -0.15) is 0 Å². The lowest BCUT2D eigenvalue weighted by Crippen LogP contribution is -2.33. The van der Waals surface area contributed by atoms with Crippen molar-refractivity contribution in [2.45, 2.75) is 23.2 Å². The molecule has 3 nitrogen and oxygen atoms in total. The Balaban J connectivity index is 1.92. The molecule has 2 rings (SSSR count). The topological polar surface area (TPSA) is 46.3 Å². The summed E-state index contributed by atoms with van der Waals surface area (Å²) in [5, 5.41) is 0. The SMILES string of the molecule is N[C@@H]1CCN(C(=O)C2CC2(Cl)Cl)C1. The van der Waals surface area contributed by atoms with Crippen LogP contribution in [0.5, 0.6) is 0 Å². The number of likely N-dealkylation sites (tertiary alicyclic amines) is 1. The molecule has 2 atom stereocenters. The Morgan fingerprint density at radius 1 is 1.54 bits per heavy atom. The second kappa shape index (κ2) is 3.01. The minimum absolute atomic E-state index is 0.0675. The fraction of sp³-hybridized carbons (Fsp3) is 0.875. The summed E-state index contributed by atoms with van der Waals surface area (Å²) in [5.74, 6) is -0.126. The first-order valence-corrected chi connectivity index (χ1v) is 5.18. The summed E-state index contributed by atoms with van der Waals surface area (Å²) < 4.78 is -0.802. The lowest BCUT2D eigenvalue weighted by atomic mass is 10.3. The number of nitrogens with zero attached hydrogens (tertiary/aromatic N) is 1. The average molecular weight is 223 g/mol. The minimum Gasteiger partial charge on any atom is -0.341 e. The van der Waals surface area contributed by atoms with Crippen LogP contribution < -0.4 is 5.73 Å². The van der Waals surface area contributed by atoms with E-state index in [0.29, 0.717) is 13.0 Å². The van der Waals surface area contributed by atoms with Gasteiger partial charge in [0.25, 0.3) is 0 Å². The second-order valence-electron chi connectivity index (χ2n) is 3.85. The molecule has 1 saturated heterocycles. The van der Waals surface area contributed by atoms with Crippen LogP contribution in [0.4, 0.5) is 0 Å². The molecule has 5 heteroatoms. The maximum absolute atomic E-state index is 11.7. The highest BCUT2D eigenvalue weighted by molar-refractivity contribution is 6.52. The number of nitrogens with two attached hydrogens (primary N) is 1. The largest absolute Gasteiger partial charge is 0.341 e. The molecule has 0 aromatic rings. The van der Waals surface area contributed by atoms with Crippen molar-refractivity contribution in [1.29, 1.82) is 0 Å². The van der Waals surface area contributed by atoms with Gasteiger partial charge in [-0.25, -0.2) is 0 Å². The van der Waals surface area contributed by atoms with Crippen LogP contribution >= 0.6 is 23.2 Å². The summed E-state index contributed by atoms with van der Waals surface area (Å²) in [4.78, 5) is 13.4. The van der Waals surface area contributed by atoms with Gasteiger partial charge >= 0.3 is 0 Å². The number of hydrogen-bond acceptors (Lipinski definition) is 2. The van der Waals surface area contributed by atoms with Gasteiger partial charge in [0.2, 0.25) is 5.91 Å². The molecule has 2 N–H and O–H groups in total. The van der Waals surface area contributed by atoms with E-state index in [0.717, 1.165) is 13.0 Å². The van der Waals surface area contributed by atoms with Gasteiger partial charge in [0, 0.05) is 19.1 Å². The summed E-state index contributed by atoms with van der Waals surface area (Å²) in [7, 11) is 0. The summed E-state index contributed by atoms with van der Waals surface area (Å²) in [6, 6.07) is 0.128. The number of halogens is 2. The highest BCUT2D eigenvalue weighted by Crippen LogP contribution is 2.54. The molecule has 0 aromatic carbocycles. The normalized spacial score (nSPS) is 36.4. The molecule has 1 aliphatic carbocycles. The van der Waals surface area contributed by atoms with Crippen LogP contribution in [0, 0.1) is 5.92 Å². The van der Waals surface area contributed by atoms with Crippen molar-refractivity contribution >= 4 is 29.1 Å². The van der Waals surface area contributed by atoms with Crippen molar-refractivity contribution in [3.8, 4) is 0 Å². The molecular formula is C8H12Cl2N2O. The number of rotatable bonds is 1. The van der Waals surface area contributed by atoms with E-state index < -0.39 is 4.33 Å². The van der Waals surface area contributed by atoms with Gasteiger partial charge < -0.3 is 10.6 Å². The van der Waals surface area contributed by atoms with Gasteiger partial charge in [-0.05, 0) is 12.8 Å². The van der Waals surface area contributed by atoms with Gasteiger partial charge in [-0.15, -0.1) is 23.2 Å². The van der Waals surface area contributed by atoms with Crippen LogP contribution in [-0.2, 0) is 4.79 Å². The van der Waals surface area contributed by atoms with Crippen LogP contribution in [0.2, 0.25) is 0 Å². The quantitative estimate of drug-likeness (QED) is 0.666. The van der Waals surface area contributed by atoms with Gasteiger partial charge in [-0.3, -0.25) is 4.79 Å². The third-order valence-corrected chi connectivity index (χ3v) is 3.50. The molecule has 74 valence electrons. The number of alkyl halides is 2. The maximum Gasteiger partial charge on any atom is 0.228 e. The van der Waals surface area contributed by atoms with E-state index >= 15 is 0 Å². The molecule has 1 amide bonds. The smallest absolute Gasteiger partial charge is 0.228 e. The predicted molar refractivity (Wildman–Crippen MR) is 51.7 cm³/mol. The molecule has 1 saturated carbocycles. The number of amides is 1. The predicted octanol–water partition coefficient (Wildman–Crippen LogP) is 0.740. The first kappa shape index (κ1) is 9.56. The fourth-order valence-corrected chi connectivity index (χ4v) is 2.18. The zero-order valence-electron chi connectivity index (χ0n) is 7.17. The standard InChI is InChI=1S/C8H12Cl2N2O/c9-8(10)3-6(8)7(13)12-2-1-5(11)4-12/h5-6H,1-4,11H2/t5-,6?/m1/s1. The Morgan fingerprint density at radius 2 is 2.15 bits per heavy atom. The zero-order chi connectivity index (χ0) is 9.64. The van der Waals surface area contributed by atoms with Crippen molar-refractivity contribution in [2.75, 3.05) is 13.1 Å². The van der Waals surface area contributed by atoms with Crippen molar-refractivity contribution in [3.63, 3.8) is 0 Å². The maximum atomic E-state index is 11.7. The van der Waals surface area contributed by atoms with Crippen LogP contribution in [-0.4, -0.2) is 34.3 Å². The van der Waals surface area contributed by atoms with Gasteiger partial charge in [0.15, 0.2) is 0 Å². The Kier molecular flexibility index (Phi) is 2.21. The summed E-state index contributed by atoms with van der Waals surface area (Å²) in [6.07, 6.45) is 1.47. The second-order valence-corrected chi connectivity index (χ2v) is 5.39. The van der Waals surface area contributed by atoms with Crippen LogP contribution in [0.1, 0.15) is 12.8 Å². The van der Waals surface area contributed by atoms with Crippen molar-refractivity contribution < 1.29 is 4.79 Å². The highest BCUT2D eigenvalue weighted by Gasteiger charge is 2.57. The lowest BCUT2D eigenvalue weighted by Gasteiger charge is -2.15. The van der Waals surface area contributed by atoms with E-state index in [-0.39, 0.29) is 17.9 Å². The molecule has 2 aliphatic rings. The lowest BCUT2D eigenvalue weighted by molar-refractivity contribution is -0.131. The highest BCUT2D eigenvalue weighted by atomic mass is 35.5. The Hall–Kier alpha value is 0.01000. The van der Waals surface area contributed by atoms with E-state index in [1.54, 1.807) is 4.90 Å². The van der Waals surface area contributed by atoms with Crippen LogP contribution in [0.3, 0.4) is 0 Å². The average Bonchev–Trinajstić information content (AvgIpc) is 2.47. The molecule has 0 aromatic heterocycles. The summed E-state index contributed by atoms with van der Waals surface area (Å²) >= 11 is 11.6. The summed E-state index contributed by atoms with van der Waals surface area (Å²) in [5.41, 5.74) is 5.69. The summed E-state index contributed by atoms with van der Waals surface area (Å²) in [6.45, 7) is 1.40. The molecule has 0 spiro atoms. The van der Waals surface area contributed by atoms with Crippen LogP contribution in [0.25, 0.3) is 0 Å². The number of hydrogen-bond donors (Lipinski definition) is 1. The van der Waals surface area contributed by atoms with E-state index in [1.807, 2.05) is 0 Å². The Morgan fingerprint density at radius 3 is 2.54 bits per heavy atom. The van der Waals surface area contributed by atoms with E-state index in [2.05, 4.69) is 0 Å². The third-order valence-electron chi connectivity index (χ3n) is 2.66. The molecule has 0 bridgehead atoms. The van der Waals surface area contributed by atoms with Gasteiger partial charge in [0.05, 0.1) is 5.92 Å². The van der Waals surface area contributed by atoms with Gasteiger partial charge in [-0.1, -0.05) is 0 Å². The van der Waals surface area contributed by atoms with Crippen molar-refractivity contribution in [2.24, 2.45) is 11.7 Å². The molecule has 1 aliphatic heterocycles. The Labute approximate surface area is 87.1 Å². The first-order chi connectivity index (χ1) is 6.00. The zero-order valence-corrected chi connectivity index (χ0v) is 8.68. The molecule has 0 radical (unpaired) electrons. The van der Waals surface area contributed by atoms with Crippen molar-refractivity contribution in [1.82, 2.24) is 4.90 Å².